The molecule has 0 unspecified atom stereocenters. The lowest BCUT2D eigenvalue weighted by atomic mass is 9.98. The predicted octanol–water partition coefficient (Wildman–Crippen LogP) is 4.42. The fraction of sp³-hybridized carbons (Fsp3) is 0.261. The van der Waals surface area contributed by atoms with E-state index in [1.807, 2.05) is 12.1 Å². The Morgan fingerprint density at radius 2 is 1.90 bits per heavy atom. The first kappa shape index (κ1) is 20.8. The number of benzene rings is 1. The molecule has 0 aliphatic carbocycles. The summed E-state index contributed by atoms with van der Waals surface area (Å²) in [4.78, 5) is 11.6. The van der Waals surface area contributed by atoms with Crippen molar-refractivity contribution in [3.63, 3.8) is 0 Å². The van der Waals surface area contributed by atoms with Crippen LogP contribution in [0.25, 0.3) is 10.8 Å². The first-order valence-corrected chi connectivity index (χ1v) is 11.7. The Hall–Kier alpha value is -3.44. The van der Waals surface area contributed by atoms with Crippen molar-refractivity contribution >= 4 is 37.9 Å². The average Bonchev–Trinajstić information content (AvgIpc) is 2.79. The first-order valence-electron chi connectivity index (χ1n) is 10.1. The van der Waals surface area contributed by atoms with Gasteiger partial charge in [0.15, 0.2) is 9.84 Å². The Kier molecular flexibility index (Phi) is 5.87. The van der Waals surface area contributed by atoms with Crippen LogP contribution in [0, 0.1) is 17.2 Å². The summed E-state index contributed by atoms with van der Waals surface area (Å²) >= 11 is 0. The van der Waals surface area contributed by atoms with Crippen molar-refractivity contribution in [2.24, 2.45) is 5.92 Å². The maximum Gasteiger partial charge on any atom is 0.199 e. The second-order valence-corrected chi connectivity index (χ2v) is 9.31. The van der Waals surface area contributed by atoms with E-state index in [0.29, 0.717) is 5.82 Å². The van der Waals surface area contributed by atoms with Crippen LogP contribution in [0.5, 0.6) is 0 Å². The summed E-state index contributed by atoms with van der Waals surface area (Å²) in [6.07, 6.45) is 6.78. The molecule has 0 atom stereocenters. The number of nitrogens with zero attached hydrogens (tertiary/aromatic N) is 4. The summed E-state index contributed by atoms with van der Waals surface area (Å²) in [6, 6.07) is 12.8. The Morgan fingerprint density at radius 1 is 1.16 bits per heavy atom. The molecule has 1 aliphatic rings. The number of hydrogen-bond acceptors (Lipinski definition) is 7. The molecule has 8 heteroatoms. The van der Waals surface area contributed by atoms with Gasteiger partial charge in [0.2, 0.25) is 0 Å². The number of fused-ring (bicyclic) bond motifs is 1. The van der Waals surface area contributed by atoms with Gasteiger partial charge >= 0.3 is 0 Å². The van der Waals surface area contributed by atoms with Gasteiger partial charge in [-0.15, -0.1) is 0 Å². The molecule has 1 N–H and O–H groups in total. The lowest BCUT2D eigenvalue weighted by molar-refractivity contribution is 0.486. The molecule has 3 aromatic rings. The molecule has 0 radical (unpaired) electrons. The van der Waals surface area contributed by atoms with E-state index in [9.17, 15) is 8.42 Å². The summed E-state index contributed by atoms with van der Waals surface area (Å²) in [5, 5.41) is 15.6. The van der Waals surface area contributed by atoms with E-state index < -0.39 is 9.84 Å². The van der Waals surface area contributed by atoms with Gasteiger partial charge in [0.1, 0.15) is 11.6 Å². The maximum absolute atomic E-state index is 12.1. The van der Waals surface area contributed by atoms with Crippen LogP contribution in [0.1, 0.15) is 19.8 Å². The summed E-state index contributed by atoms with van der Waals surface area (Å²) in [7, 11) is -3.41. The summed E-state index contributed by atoms with van der Waals surface area (Å²) in [5.41, 5.74) is 0.742. The fourth-order valence-corrected chi connectivity index (χ4v) is 4.76. The van der Waals surface area contributed by atoms with Crippen molar-refractivity contribution in [2.45, 2.75) is 24.7 Å². The zero-order valence-electron chi connectivity index (χ0n) is 17.2. The van der Waals surface area contributed by atoms with Gasteiger partial charge in [0, 0.05) is 53.3 Å². The molecule has 0 spiro atoms. The lowest BCUT2D eigenvalue weighted by Crippen LogP contribution is -2.33. The Morgan fingerprint density at radius 3 is 2.58 bits per heavy atom. The normalized spacial score (nSPS) is 15.3. The molecule has 31 heavy (non-hydrogen) atoms. The van der Waals surface area contributed by atoms with Crippen molar-refractivity contribution in [1.82, 2.24) is 9.97 Å². The number of nitrogens with one attached hydrogen (secondary N) is 1. The minimum absolute atomic E-state index is 0.115. The molecule has 0 saturated carbocycles. The van der Waals surface area contributed by atoms with E-state index >= 15 is 0 Å². The summed E-state index contributed by atoms with van der Waals surface area (Å²) in [6.45, 7) is 3.28. The Bertz CT molecular complexity index is 1260. The van der Waals surface area contributed by atoms with Crippen LogP contribution in [-0.2, 0) is 9.84 Å². The standard InChI is InChI=1S/C23H23N5O2S/c1-2-13-31(29,30)20-5-3-19(4-6-20)27-22-14-21-18(16-26-22)7-10-25-23(21)28-11-8-17(15-24)9-12-28/h2-7,10,13-14,16-17H,8-9,11-12H2,1H3,(H,26,27)/b13-2+. The van der Waals surface area contributed by atoms with Gasteiger partial charge in [-0.3, -0.25) is 0 Å². The molecule has 0 bridgehead atoms. The zero-order chi connectivity index (χ0) is 21.8. The van der Waals surface area contributed by atoms with Crippen LogP contribution >= 0.6 is 0 Å². The van der Waals surface area contributed by atoms with E-state index in [2.05, 4.69) is 26.3 Å². The second kappa shape index (κ2) is 8.74. The van der Waals surface area contributed by atoms with E-state index in [1.165, 1.54) is 11.5 Å². The highest BCUT2D eigenvalue weighted by atomic mass is 32.2. The number of allylic oxidation sites excluding steroid dienone is 1. The van der Waals surface area contributed by atoms with E-state index in [0.717, 1.165) is 48.2 Å². The van der Waals surface area contributed by atoms with Crippen LogP contribution in [0.4, 0.5) is 17.3 Å². The number of anilines is 3. The molecule has 1 aliphatic heterocycles. The van der Waals surface area contributed by atoms with Crippen LogP contribution < -0.4 is 10.2 Å². The molecule has 3 heterocycles. The fourth-order valence-electron chi connectivity index (χ4n) is 3.72. The third kappa shape index (κ3) is 4.52. The lowest BCUT2D eigenvalue weighted by Gasteiger charge is -2.30. The van der Waals surface area contributed by atoms with Crippen molar-refractivity contribution in [3.8, 4) is 6.07 Å². The van der Waals surface area contributed by atoms with Crippen LogP contribution in [-0.4, -0.2) is 31.5 Å². The molecule has 158 valence electrons. The molecule has 0 amide bonds. The number of aromatic nitrogens is 2. The number of piperidine rings is 1. The van der Waals surface area contributed by atoms with Gasteiger partial charge in [0.25, 0.3) is 0 Å². The number of hydrogen-bond donors (Lipinski definition) is 1. The van der Waals surface area contributed by atoms with Gasteiger partial charge in [0.05, 0.1) is 11.0 Å². The zero-order valence-corrected chi connectivity index (χ0v) is 18.0. The largest absolute Gasteiger partial charge is 0.356 e. The number of sulfone groups is 1. The molecule has 4 rings (SSSR count). The van der Waals surface area contributed by atoms with Crippen molar-refractivity contribution in [1.29, 1.82) is 5.26 Å². The average molecular weight is 434 g/mol. The van der Waals surface area contributed by atoms with E-state index in [4.69, 9.17) is 5.26 Å². The molecular formula is C23H23N5O2S. The van der Waals surface area contributed by atoms with Crippen molar-refractivity contribution in [3.05, 3.63) is 60.3 Å². The monoisotopic (exact) mass is 433 g/mol. The maximum atomic E-state index is 12.1. The van der Waals surface area contributed by atoms with Gasteiger partial charge in [-0.2, -0.15) is 5.26 Å². The van der Waals surface area contributed by atoms with Crippen LogP contribution in [0.15, 0.2) is 65.2 Å². The second-order valence-electron chi connectivity index (χ2n) is 7.48. The third-order valence-corrected chi connectivity index (χ3v) is 6.93. The van der Waals surface area contributed by atoms with Gasteiger partial charge in [-0.1, -0.05) is 6.08 Å². The van der Waals surface area contributed by atoms with Gasteiger partial charge in [-0.05, 0) is 56.2 Å². The highest BCUT2D eigenvalue weighted by Gasteiger charge is 2.21. The van der Waals surface area contributed by atoms with Crippen LogP contribution in [0.3, 0.4) is 0 Å². The summed E-state index contributed by atoms with van der Waals surface area (Å²) < 4.78 is 24.3. The smallest absolute Gasteiger partial charge is 0.199 e. The third-order valence-electron chi connectivity index (χ3n) is 5.37. The quantitative estimate of drug-likeness (QED) is 0.636. The van der Waals surface area contributed by atoms with Gasteiger partial charge < -0.3 is 10.2 Å². The molecule has 1 aromatic carbocycles. The number of pyridine rings is 2. The van der Waals surface area contributed by atoms with Gasteiger partial charge in [-0.25, -0.2) is 18.4 Å². The Labute approximate surface area is 182 Å². The SMILES string of the molecule is C/C=C/S(=O)(=O)c1ccc(Nc2cc3c(N4CCC(C#N)CC4)nccc3cn2)cc1. The summed E-state index contributed by atoms with van der Waals surface area (Å²) in [5.74, 6) is 1.66. The molecule has 1 fully saturated rings. The first-order chi connectivity index (χ1) is 15.0. The predicted molar refractivity (Wildman–Crippen MR) is 122 cm³/mol. The van der Waals surface area contributed by atoms with E-state index in [-0.39, 0.29) is 10.8 Å². The highest BCUT2D eigenvalue weighted by Crippen LogP contribution is 2.30. The van der Waals surface area contributed by atoms with Crippen molar-refractivity contribution in [2.75, 3.05) is 23.3 Å². The Balaban J connectivity index is 1.59. The highest BCUT2D eigenvalue weighted by molar-refractivity contribution is 7.94. The molecular weight excluding hydrogens is 410 g/mol. The molecule has 2 aromatic heterocycles. The topological polar surface area (TPSA) is 99.0 Å². The van der Waals surface area contributed by atoms with Crippen molar-refractivity contribution < 1.29 is 8.42 Å². The molecule has 7 nitrogen and oxygen atoms in total. The van der Waals surface area contributed by atoms with E-state index in [1.54, 1.807) is 43.6 Å². The van der Waals surface area contributed by atoms with Crippen LogP contribution in [0.2, 0.25) is 0 Å². The minimum Gasteiger partial charge on any atom is -0.356 e. The number of rotatable bonds is 5. The number of nitriles is 1. The molecule has 1 saturated heterocycles. The minimum atomic E-state index is -3.41.